The molecule has 5 nitrogen and oxygen atoms in total. The largest absolute Gasteiger partial charge is 0.399 e. The third kappa shape index (κ3) is 3.92. The van der Waals surface area contributed by atoms with Crippen molar-refractivity contribution in [3.63, 3.8) is 0 Å². The van der Waals surface area contributed by atoms with E-state index in [9.17, 15) is 4.79 Å². The lowest BCUT2D eigenvalue weighted by Crippen LogP contribution is -2.14. The summed E-state index contributed by atoms with van der Waals surface area (Å²) >= 11 is 1.52. The number of hydrogen-bond donors (Lipinski definition) is 2. The lowest BCUT2D eigenvalue weighted by Gasteiger charge is -2.04. The molecule has 116 valence electrons. The summed E-state index contributed by atoms with van der Waals surface area (Å²) in [5.74, 6) is -0.0928. The Morgan fingerprint density at radius 3 is 2.78 bits per heavy atom. The van der Waals surface area contributed by atoms with Crippen LogP contribution in [-0.2, 0) is 11.2 Å². The Balaban J connectivity index is 1.66. The highest BCUT2D eigenvalue weighted by Gasteiger charge is 2.09. The van der Waals surface area contributed by atoms with E-state index in [2.05, 4.69) is 15.3 Å². The van der Waals surface area contributed by atoms with Gasteiger partial charge in [-0.3, -0.25) is 9.78 Å². The van der Waals surface area contributed by atoms with Crippen molar-refractivity contribution in [3.05, 3.63) is 59.4 Å². The third-order valence-electron chi connectivity index (χ3n) is 3.23. The fraction of sp³-hybridized carbons (Fsp3) is 0.118. The van der Waals surface area contributed by atoms with Gasteiger partial charge in [0.2, 0.25) is 5.91 Å². The van der Waals surface area contributed by atoms with Gasteiger partial charge in [0.25, 0.3) is 0 Å². The Morgan fingerprint density at radius 1 is 1.26 bits per heavy atom. The zero-order chi connectivity index (χ0) is 16.2. The minimum absolute atomic E-state index is 0.0928. The number of benzene rings is 1. The first-order valence-corrected chi connectivity index (χ1v) is 8.01. The SMILES string of the molecule is Cc1cc(NC(=O)Cc2csc(-c3ccc(N)cc3)n2)ccn1. The zero-order valence-corrected chi connectivity index (χ0v) is 13.4. The molecular formula is C17H16N4OS. The predicted octanol–water partition coefficient (Wildman–Crippen LogP) is 3.28. The highest BCUT2D eigenvalue weighted by molar-refractivity contribution is 7.13. The Labute approximate surface area is 138 Å². The molecule has 0 fully saturated rings. The van der Waals surface area contributed by atoms with Crippen LogP contribution in [0.25, 0.3) is 10.6 Å². The number of aryl methyl sites for hydroxylation is 1. The van der Waals surface area contributed by atoms with Crippen molar-refractivity contribution in [1.82, 2.24) is 9.97 Å². The maximum Gasteiger partial charge on any atom is 0.230 e. The molecule has 3 rings (SSSR count). The van der Waals surface area contributed by atoms with Crippen LogP contribution in [-0.4, -0.2) is 15.9 Å². The van der Waals surface area contributed by atoms with Crippen molar-refractivity contribution in [1.29, 1.82) is 0 Å². The van der Waals surface area contributed by atoms with Crippen molar-refractivity contribution in [2.75, 3.05) is 11.1 Å². The number of rotatable bonds is 4. The zero-order valence-electron chi connectivity index (χ0n) is 12.6. The van der Waals surface area contributed by atoms with Crippen LogP contribution in [0.3, 0.4) is 0 Å². The Morgan fingerprint density at radius 2 is 2.04 bits per heavy atom. The highest BCUT2D eigenvalue weighted by atomic mass is 32.1. The first kappa shape index (κ1) is 15.2. The van der Waals surface area contributed by atoms with Crippen molar-refractivity contribution in [2.24, 2.45) is 0 Å². The van der Waals surface area contributed by atoms with E-state index < -0.39 is 0 Å². The standard InChI is InChI=1S/C17H16N4OS/c1-11-8-14(6-7-19-11)20-16(22)9-15-10-23-17(21-15)12-2-4-13(18)5-3-12/h2-8,10H,9,18H2,1H3,(H,19,20,22). The quantitative estimate of drug-likeness (QED) is 0.722. The second-order valence-electron chi connectivity index (χ2n) is 5.18. The number of pyridine rings is 1. The maximum atomic E-state index is 12.1. The van der Waals surface area contributed by atoms with Crippen LogP contribution in [0.15, 0.2) is 48.0 Å². The van der Waals surface area contributed by atoms with Crippen molar-refractivity contribution in [2.45, 2.75) is 13.3 Å². The molecule has 0 radical (unpaired) electrons. The normalized spacial score (nSPS) is 10.5. The number of carbonyl (C=O) groups is 1. The number of carbonyl (C=O) groups excluding carboxylic acids is 1. The molecule has 0 saturated heterocycles. The van der Waals surface area contributed by atoms with Crippen LogP contribution in [0.2, 0.25) is 0 Å². The molecule has 6 heteroatoms. The number of anilines is 2. The van der Waals surface area contributed by atoms with E-state index in [-0.39, 0.29) is 12.3 Å². The summed E-state index contributed by atoms with van der Waals surface area (Å²) in [6.45, 7) is 1.88. The number of amides is 1. The number of aromatic nitrogens is 2. The van der Waals surface area contributed by atoms with E-state index in [0.717, 1.165) is 33.3 Å². The summed E-state index contributed by atoms with van der Waals surface area (Å²) in [5.41, 5.74) is 9.77. The Kier molecular flexibility index (Phi) is 4.34. The molecule has 0 aliphatic carbocycles. The van der Waals surface area contributed by atoms with Gasteiger partial charge < -0.3 is 11.1 Å². The van der Waals surface area contributed by atoms with Crippen LogP contribution >= 0.6 is 11.3 Å². The minimum Gasteiger partial charge on any atom is -0.399 e. The van der Waals surface area contributed by atoms with Crippen LogP contribution in [0, 0.1) is 6.92 Å². The van der Waals surface area contributed by atoms with Gasteiger partial charge in [-0.25, -0.2) is 4.98 Å². The summed E-state index contributed by atoms with van der Waals surface area (Å²) in [6, 6.07) is 11.1. The molecule has 0 unspecified atom stereocenters. The number of hydrogen-bond acceptors (Lipinski definition) is 5. The van der Waals surface area contributed by atoms with Gasteiger partial charge in [0.05, 0.1) is 12.1 Å². The predicted molar refractivity (Wildman–Crippen MR) is 93.3 cm³/mol. The van der Waals surface area contributed by atoms with Gasteiger partial charge in [-0.05, 0) is 43.3 Å². The van der Waals surface area contributed by atoms with E-state index >= 15 is 0 Å². The van der Waals surface area contributed by atoms with Crippen LogP contribution in [0.4, 0.5) is 11.4 Å². The second-order valence-corrected chi connectivity index (χ2v) is 6.03. The van der Waals surface area contributed by atoms with E-state index in [4.69, 9.17) is 5.73 Å². The smallest absolute Gasteiger partial charge is 0.230 e. The van der Waals surface area contributed by atoms with Crippen LogP contribution < -0.4 is 11.1 Å². The van der Waals surface area contributed by atoms with Gasteiger partial charge in [-0.2, -0.15) is 0 Å². The van der Waals surface area contributed by atoms with E-state index in [1.54, 1.807) is 12.3 Å². The fourth-order valence-electron chi connectivity index (χ4n) is 2.14. The number of nitrogens with two attached hydrogens (primary N) is 1. The summed E-state index contributed by atoms with van der Waals surface area (Å²) in [6.07, 6.45) is 1.92. The van der Waals surface area contributed by atoms with E-state index in [0.29, 0.717) is 0 Å². The Bertz CT molecular complexity index is 827. The molecule has 3 N–H and O–H groups in total. The molecule has 0 spiro atoms. The average Bonchev–Trinajstić information content (AvgIpc) is 2.96. The molecule has 23 heavy (non-hydrogen) atoms. The van der Waals surface area contributed by atoms with Gasteiger partial charge in [0.15, 0.2) is 0 Å². The molecule has 0 aliphatic heterocycles. The third-order valence-corrected chi connectivity index (χ3v) is 4.17. The van der Waals surface area contributed by atoms with Gasteiger partial charge >= 0.3 is 0 Å². The first-order chi connectivity index (χ1) is 11.1. The minimum atomic E-state index is -0.0928. The number of nitrogens with zero attached hydrogens (tertiary/aromatic N) is 2. The summed E-state index contributed by atoms with van der Waals surface area (Å²) in [4.78, 5) is 20.7. The van der Waals surface area contributed by atoms with Crippen molar-refractivity contribution < 1.29 is 4.79 Å². The van der Waals surface area contributed by atoms with Gasteiger partial charge in [-0.15, -0.1) is 11.3 Å². The number of nitrogen functional groups attached to an aromatic ring is 1. The van der Waals surface area contributed by atoms with Gasteiger partial charge in [0, 0.05) is 34.2 Å². The molecule has 2 heterocycles. The Hall–Kier alpha value is -2.73. The van der Waals surface area contributed by atoms with Gasteiger partial charge in [-0.1, -0.05) is 0 Å². The fourth-order valence-corrected chi connectivity index (χ4v) is 2.97. The summed E-state index contributed by atoms with van der Waals surface area (Å²) in [5, 5.41) is 5.64. The molecule has 0 bridgehead atoms. The van der Waals surface area contributed by atoms with Crippen LogP contribution in [0.1, 0.15) is 11.4 Å². The molecule has 0 atom stereocenters. The van der Waals surface area contributed by atoms with E-state index in [1.807, 2.05) is 42.6 Å². The topological polar surface area (TPSA) is 80.9 Å². The summed E-state index contributed by atoms with van der Waals surface area (Å²) < 4.78 is 0. The van der Waals surface area contributed by atoms with E-state index in [1.165, 1.54) is 11.3 Å². The van der Waals surface area contributed by atoms with Gasteiger partial charge in [0.1, 0.15) is 5.01 Å². The summed E-state index contributed by atoms with van der Waals surface area (Å²) in [7, 11) is 0. The molecule has 1 amide bonds. The molecule has 1 aromatic carbocycles. The lowest BCUT2D eigenvalue weighted by molar-refractivity contribution is -0.115. The van der Waals surface area contributed by atoms with Crippen molar-refractivity contribution >= 4 is 28.6 Å². The average molecular weight is 324 g/mol. The number of thiazole rings is 1. The monoisotopic (exact) mass is 324 g/mol. The number of nitrogens with one attached hydrogen (secondary N) is 1. The molecular weight excluding hydrogens is 308 g/mol. The maximum absolute atomic E-state index is 12.1. The highest BCUT2D eigenvalue weighted by Crippen LogP contribution is 2.24. The molecule has 2 aromatic heterocycles. The van der Waals surface area contributed by atoms with Crippen molar-refractivity contribution in [3.8, 4) is 10.6 Å². The molecule has 3 aromatic rings. The lowest BCUT2D eigenvalue weighted by atomic mass is 10.2. The molecule has 0 aliphatic rings. The second kappa shape index (κ2) is 6.58. The first-order valence-electron chi connectivity index (χ1n) is 7.13. The van der Waals surface area contributed by atoms with Crippen LogP contribution in [0.5, 0.6) is 0 Å². The molecule has 0 saturated carbocycles.